The molecule has 3 rings (SSSR count). The van der Waals surface area contributed by atoms with Crippen LogP contribution in [0.25, 0.3) is 0 Å². The monoisotopic (exact) mass is 284 g/mol. The number of hydrogen-bond acceptors (Lipinski definition) is 2. The molecule has 0 aliphatic carbocycles. The van der Waals surface area contributed by atoms with Gasteiger partial charge in [-0.1, -0.05) is 26.0 Å². The first-order chi connectivity index (χ1) is 9.95. The Hall–Kier alpha value is -2.16. The highest BCUT2D eigenvalue weighted by atomic mass is 19.1. The second-order valence-electron chi connectivity index (χ2n) is 6.11. The molecule has 2 nitrogen and oxygen atoms in total. The summed E-state index contributed by atoms with van der Waals surface area (Å²) in [4.78, 5) is 12.4. The lowest BCUT2D eigenvalue weighted by Crippen LogP contribution is -2.18. The Morgan fingerprint density at radius 1 is 1.24 bits per heavy atom. The SMILES string of the molecule is CC1(C)COc2ccc(C(=O)Cc3cccc(F)c3)cc21. The van der Waals surface area contributed by atoms with E-state index in [0.717, 1.165) is 11.3 Å². The van der Waals surface area contributed by atoms with Crippen molar-refractivity contribution < 1.29 is 13.9 Å². The first-order valence-electron chi connectivity index (χ1n) is 7.01. The van der Waals surface area contributed by atoms with Crippen LogP contribution in [0.3, 0.4) is 0 Å². The number of halogens is 1. The summed E-state index contributed by atoms with van der Waals surface area (Å²) in [5.74, 6) is 0.525. The third-order valence-corrected chi connectivity index (χ3v) is 3.87. The summed E-state index contributed by atoms with van der Waals surface area (Å²) < 4.78 is 18.8. The molecule has 2 aromatic rings. The van der Waals surface area contributed by atoms with Gasteiger partial charge in [-0.2, -0.15) is 0 Å². The molecule has 0 N–H and O–H groups in total. The average molecular weight is 284 g/mol. The van der Waals surface area contributed by atoms with Crippen LogP contribution in [0.4, 0.5) is 4.39 Å². The number of benzene rings is 2. The number of fused-ring (bicyclic) bond motifs is 1. The van der Waals surface area contributed by atoms with Crippen molar-refractivity contribution in [2.24, 2.45) is 0 Å². The predicted octanol–water partition coefficient (Wildman–Crippen LogP) is 3.92. The molecule has 0 saturated heterocycles. The highest BCUT2D eigenvalue weighted by Gasteiger charge is 2.32. The van der Waals surface area contributed by atoms with E-state index >= 15 is 0 Å². The van der Waals surface area contributed by atoms with Gasteiger partial charge in [0.1, 0.15) is 11.6 Å². The summed E-state index contributed by atoms with van der Waals surface area (Å²) >= 11 is 0. The number of ketones is 1. The van der Waals surface area contributed by atoms with Gasteiger partial charge in [-0.05, 0) is 35.9 Å². The lowest BCUT2D eigenvalue weighted by molar-refractivity contribution is 0.0993. The Morgan fingerprint density at radius 3 is 2.81 bits per heavy atom. The molecule has 0 saturated carbocycles. The van der Waals surface area contributed by atoms with Crippen molar-refractivity contribution in [3.63, 3.8) is 0 Å². The smallest absolute Gasteiger partial charge is 0.167 e. The van der Waals surface area contributed by atoms with E-state index in [9.17, 15) is 9.18 Å². The molecule has 1 aliphatic rings. The van der Waals surface area contributed by atoms with Crippen molar-refractivity contribution in [1.29, 1.82) is 0 Å². The molecule has 0 bridgehead atoms. The number of Topliss-reactive ketones (excluding diaryl/α,β-unsaturated/α-hetero) is 1. The van der Waals surface area contributed by atoms with Gasteiger partial charge in [0, 0.05) is 23.0 Å². The van der Waals surface area contributed by atoms with Crippen molar-refractivity contribution in [3.05, 3.63) is 65.0 Å². The Labute approximate surface area is 123 Å². The minimum atomic E-state index is -0.316. The zero-order chi connectivity index (χ0) is 15.0. The van der Waals surface area contributed by atoms with E-state index < -0.39 is 0 Å². The zero-order valence-electron chi connectivity index (χ0n) is 12.2. The predicted molar refractivity (Wildman–Crippen MR) is 79.4 cm³/mol. The number of ether oxygens (including phenoxy) is 1. The molecule has 2 aromatic carbocycles. The second kappa shape index (κ2) is 4.99. The van der Waals surface area contributed by atoms with Crippen LogP contribution in [-0.4, -0.2) is 12.4 Å². The highest BCUT2D eigenvalue weighted by molar-refractivity contribution is 5.98. The standard InChI is InChI=1S/C18H17FO2/c1-18(2)11-21-17-7-6-13(10-15(17)18)16(20)9-12-4-3-5-14(19)8-12/h3-8,10H,9,11H2,1-2H3. The molecule has 108 valence electrons. The van der Waals surface area contributed by atoms with Crippen LogP contribution in [0, 0.1) is 5.82 Å². The highest BCUT2D eigenvalue weighted by Crippen LogP contribution is 2.38. The van der Waals surface area contributed by atoms with E-state index in [0.29, 0.717) is 17.7 Å². The van der Waals surface area contributed by atoms with E-state index in [1.54, 1.807) is 18.2 Å². The molecule has 0 unspecified atom stereocenters. The molecule has 3 heteroatoms. The zero-order valence-corrected chi connectivity index (χ0v) is 12.2. The molecule has 0 radical (unpaired) electrons. The Kier molecular flexibility index (Phi) is 3.28. The van der Waals surface area contributed by atoms with Crippen molar-refractivity contribution in [3.8, 4) is 5.75 Å². The van der Waals surface area contributed by atoms with Crippen LogP contribution in [0.5, 0.6) is 5.75 Å². The van der Waals surface area contributed by atoms with Gasteiger partial charge in [-0.3, -0.25) is 4.79 Å². The second-order valence-corrected chi connectivity index (χ2v) is 6.11. The van der Waals surface area contributed by atoms with E-state index in [-0.39, 0.29) is 23.4 Å². The van der Waals surface area contributed by atoms with Gasteiger partial charge in [0.25, 0.3) is 0 Å². The van der Waals surface area contributed by atoms with Crippen LogP contribution in [-0.2, 0) is 11.8 Å². The third-order valence-electron chi connectivity index (χ3n) is 3.87. The Morgan fingerprint density at radius 2 is 2.05 bits per heavy atom. The summed E-state index contributed by atoms with van der Waals surface area (Å²) in [6, 6.07) is 11.7. The van der Waals surface area contributed by atoms with E-state index in [1.165, 1.54) is 12.1 Å². The molecular weight excluding hydrogens is 267 g/mol. The fraction of sp³-hybridized carbons (Fsp3) is 0.278. The fourth-order valence-corrected chi connectivity index (χ4v) is 2.63. The quantitative estimate of drug-likeness (QED) is 0.798. The third kappa shape index (κ3) is 2.68. The summed E-state index contributed by atoms with van der Waals surface area (Å²) in [5, 5.41) is 0. The summed E-state index contributed by atoms with van der Waals surface area (Å²) in [6.07, 6.45) is 0.206. The molecule has 0 spiro atoms. The van der Waals surface area contributed by atoms with Crippen LogP contribution in [0.1, 0.15) is 35.3 Å². The number of hydrogen-bond donors (Lipinski definition) is 0. The van der Waals surface area contributed by atoms with Gasteiger partial charge in [0.15, 0.2) is 5.78 Å². The first kappa shape index (κ1) is 13.8. The summed E-state index contributed by atoms with van der Waals surface area (Å²) in [7, 11) is 0. The largest absolute Gasteiger partial charge is 0.492 e. The minimum Gasteiger partial charge on any atom is -0.492 e. The summed E-state index contributed by atoms with van der Waals surface area (Å²) in [5.41, 5.74) is 2.32. The van der Waals surface area contributed by atoms with Crippen LogP contribution >= 0.6 is 0 Å². The van der Waals surface area contributed by atoms with Crippen molar-refractivity contribution >= 4 is 5.78 Å². The molecule has 21 heavy (non-hydrogen) atoms. The summed E-state index contributed by atoms with van der Waals surface area (Å²) in [6.45, 7) is 4.82. The molecule has 1 heterocycles. The van der Waals surface area contributed by atoms with Gasteiger partial charge in [0.05, 0.1) is 6.61 Å². The maximum Gasteiger partial charge on any atom is 0.167 e. The Balaban J connectivity index is 1.86. The molecule has 0 atom stereocenters. The van der Waals surface area contributed by atoms with Crippen molar-refractivity contribution in [2.45, 2.75) is 25.7 Å². The number of carbonyl (C=O) groups is 1. The van der Waals surface area contributed by atoms with Crippen LogP contribution in [0.15, 0.2) is 42.5 Å². The molecular formula is C18H17FO2. The van der Waals surface area contributed by atoms with Crippen LogP contribution in [0.2, 0.25) is 0 Å². The van der Waals surface area contributed by atoms with Crippen molar-refractivity contribution in [2.75, 3.05) is 6.61 Å². The normalized spacial score (nSPS) is 15.4. The lowest BCUT2D eigenvalue weighted by atomic mass is 9.85. The van der Waals surface area contributed by atoms with E-state index in [1.807, 2.05) is 12.1 Å². The first-order valence-corrected chi connectivity index (χ1v) is 7.01. The maximum absolute atomic E-state index is 13.2. The van der Waals surface area contributed by atoms with Gasteiger partial charge in [-0.15, -0.1) is 0 Å². The fourth-order valence-electron chi connectivity index (χ4n) is 2.63. The molecule has 0 aromatic heterocycles. The van der Waals surface area contributed by atoms with Gasteiger partial charge < -0.3 is 4.74 Å². The van der Waals surface area contributed by atoms with Gasteiger partial charge >= 0.3 is 0 Å². The molecule has 0 amide bonds. The average Bonchev–Trinajstić information content (AvgIpc) is 2.74. The van der Waals surface area contributed by atoms with Crippen molar-refractivity contribution in [1.82, 2.24) is 0 Å². The maximum atomic E-state index is 13.2. The number of carbonyl (C=O) groups excluding carboxylic acids is 1. The molecule has 0 fully saturated rings. The van der Waals surface area contributed by atoms with E-state index in [2.05, 4.69) is 13.8 Å². The number of rotatable bonds is 3. The topological polar surface area (TPSA) is 26.3 Å². The minimum absolute atomic E-state index is 0.00824. The lowest BCUT2D eigenvalue weighted by Gasteiger charge is -2.15. The van der Waals surface area contributed by atoms with E-state index in [4.69, 9.17) is 4.74 Å². The van der Waals surface area contributed by atoms with Gasteiger partial charge in [-0.25, -0.2) is 4.39 Å². The molecule has 1 aliphatic heterocycles. The Bertz CT molecular complexity index is 704. The van der Waals surface area contributed by atoms with Gasteiger partial charge in [0.2, 0.25) is 0 Å². The van der Waals surface area contributed by atoms with Crippen LogP contribution < -0.4 is 4.74 Å².